The second kappa shape index (κ2) is 6.23. The van der Waals surface area contributed by atoms with E-state index in [1.165, 1.54) is 0 Å². The summed E-state index contributed by atoms with van der Waals surface area (Å²) in [6, 6.07) is 17.8. The van der Waals surface area contributed by atoms with Crippen LogP contribution in [-0.2, 0) is 30.6 Å². The molecule has 0 saturated carbocycles. The third-order valence-electron chi connectivity index (χ3n) is 2.60. The van der Waals surface area contributed by atoms with Crippen molar-refractivity contribution in [3.8, 4) is 0 Å². The highest BCUT2D eigenvalue weighted by Crippen LogP contribution is 2.17. The Kier molecular flexibility index (Phi) is 4.63. The molecular formula is C14H14O3S2. The van der Waals surface area contributed by atoms with Crippen molar-refractivity contribution in [3.05, 3.63) is 71.8 Å². The van der Waals surface area contributed by atoms with Gasteiger partial charge < -0.3 is 4.55 Å². The Morgan fingerprint density at radius 3 is 1.84 bits per heavy atom. The minimum Gasteiger partial charge on any atom is -0.601 e. The van der Waals surface area contributed by atoms with E-state index in [9.17, 15) is 13.0 Å². The molecule has 1 atom stereocenters. The molecule has 3 nitrogen and oxygen atoms in total. The van der Waals surface area contributed by atoms with Crippen molar-refractivity contribution in [2.24, 2.45) is 0 Å². The molecule has 2 rings (SSSR count). The lowest BCUT2D eigenvalue weighted by Crippen LogP contribution is -2.19. The van der Waals surface area contributed by atoms with Crippen LogP contribution in [-0.4, -0.2) is 13.0 Å². The molecule has 0 fully saturated rings. The van der Waals surface area contributed by atoms with Crippen LogP contribution in [0.4, 0.5) is 0 Å². The average Bonchev–Trinajstić information content (AvgIpc) is 2.40. The molecule has 0 spiro atoms. The molecule has 0 radical (unpaired) electrons. The second-order valence-electron chi connectivity index (χ2n) is 4.12. The van der Waals surface area contributed by atoms with Crippen LogP contribution in [0.15, 0.2) is 60.7 Å². The average molecular weight is 294 g/mol. The number of hydrogen-bond acceptors (Lipinski definition) is 3. The third-order valence-corrected chi connectivity index (χ3v) is 6.83. The van der Waals surface area contributed by atoms with Crippen molar-refractivity contribution in [1.29, 1.82) is 0 Å². The molecule has 2 aromatic rings. The number of rotatable bonds is 5. The van der Waals surface area contributed by atoms with Gasteiger partial charge in [0.15, 0.2) is 0 Å². The van der Waals surface area contributed by atoms with Crippen molar-refractivity contribution in [2.45, 2.75) is 11.5 Å². The molecule has 5 heteroatoms. The molecule has 0 aliphatic heterocycles. The van der Waals surface area contributed by atoms with Crippen LogP contribution in [0.2, 0.25) is 0 Å². The van der Waals surface area contributed by atoms with E-state index < -0.39 is 19.1 Å². The van der Waals surface area contributed by atoms with Gasteiger partial charge in [0.25, 0.3) is 0 Å². The van der Waals surface area contributed by atoms with E-state index in [0.29, 0.717) is 5.56 Å². The molecule has 19 heavy (non-hydrogen) atoms. The molecule has 100 valence electrons. The lowest BCUT2D eigenvalue weighted by atomic mass is 10.2. The molecule has 0 N–H and O–H groups in total. The molecule has 0 amide bonds. The van der Waals surface area contributed by atoms with Gasteiger partial charge in [-0.3, -0.25) is 0 Å². The molecule has 0 bridgehead atoms. The van der Waals surface area contributed by atoms with Crippen LogP contribution in [0.25, 0.3) is 0 Å². The zero-order valence-electron chi connectivity index (χ0n) is 10.2. The van der Waals surface area contributed by atoms with Gasteiger partial charge in [0.1, 0.15) is 11.5 Å². The summed E-state index contributed by atoms with van der Waals surface area (Å²) in [6.07, 6.45) is 0. The van der Waals surface area contributed by atoms with Crippen molar-refractivity contribution in [1.82, 2.24) is 0 Å². The summed E-state index contributed by atoms with van der Waals surface area (Å²) in [5, 5.41) is 0. The van der Waals surface area contributed by atoms with Crippen molar-refractivity contribution < 1.29 is 13.0 Å². The summed E-state index contributed by atoms with van der Waals surface area (Å²) in [6.45, 7) is 0. The summed E-state index contributed by atoms with van der Waals surface area (Å²) < 4.78 is 36.0. The summed E-state index contributed by atoms with van der Waals surface area (Å²) >= 11 is 0. The standard InChI is InChI=1S/C14H14O3S2/c15-18(11-13-7-3-1-4-8-13)19(16,17)12-14-9-5-2-6-10-14/h1-10H,11-12H2. The van der Waals surface area contributed by atoms with Gasteiger partial charge in [0.05, 0.1) is 10.2 Å². The molecule has 2 aromatic carbocycles. The van der Waals surface area contributed by atoms with Crippen LogP contribution in [0.1, 0.15) is 11.1 Å². The van der Waals surface area contributed by atoms with Crippen LogP contribution in [0, 0.1) is 0 Å². The highest BCUT2D eigenvalue weighted by atomic mass is 33.2. The fraction of sp³-hybridized carbons (Fsp3) is 0.143. The third kappa shape index (κ3) is 4.09. The van der Waals surface area contributed by atoms with Crippen LogP contribution in [0.5, 0.6) is 0 Å². The molecule has 1 unspecified atom stereocenters. The van der Waals surface area contributed by atoms with Crippen molar-refractivity contribution in [2.75, 3.05) is 0 Å². The fourth-order valence-electron chi connectivity index (χ4n) is 1.64. The SMILES string of the molecule is O=S(=O)(Cc1ccccc1)[S+]([O-])Cc1ccccc1. The normalized spacial score (nSPS) is 13.1. The van der Waals surface area contributed by atoms with Gasteiger partial charge in [-0.25, -0.2) is 0 Å². The van der Waals surface area contributed by atoms with Gasteiger partial charge in [-0.1, -0.05) is 60.7 Å². The molecule has 0 aromatic heterocycles. The fourth-order valence-corrected chi connectivity index (χ4v) is 4.77. The first kappa shape index (κ1) is 14.1. The summed E-state index contributed by atoms with van der Waals surface area (Å²) in [7, 11) is -5.55. The Bertz CT molecular complexity index is 610. The maximum Gasteiger partial charge on any atom is 0.317 e. The van der Waals surface area contributed by atoms with Gasteiger partial charge in [-0.15, -0.1) is 0 Å². The topological polar surface area (TPSA) is 57.2 Å². The van der Waals surface area contributed by atoms with E-state index in [1.807, 2.05) is 12.1 Å². The summed E-state index contributed by atoms with van der Waals surface area (Å²) in [5.41, 5.74) is 1.42. The van der Waals surface area contributed by atoms with Crippen molar-refractivity contribution >= 4 is 19.1 Å². The predicted octanol–water partition coefficient (Wildman–Crippen LogP) is 2.47. The minimum absolute atomic E-state index is 0.0377. The van der Waals surface area contributed by atoms with E-state index in [2.05, 4.69) is 0 Å². The molecule has 0 aliphatic rings. The summed E-state index contributed by atoms with van der Waals surface area (Å²) in [4.78, 5) is 0. The minimum atomic E-state index is -3.64. The Labute approximate surface area is 115 Å². The number of benzene rings is 2. The first-order valence-corrected chi connectivity index (χ1v) is 9.26. The van der Waals surface area contributed by atoms with E-state index in [0.717, 1.165) is 5.56 Å². The Morgan fingerprint density at radius 2 is 1.32 bits per heavy atom. The van der Waals surface area contributed by atoms with Crippen LogP contribution >= 0.6 is 0 Å². The van der Waals surface area contributed by atoms with Gasteiger partial charge >= 0.3 is 8.87 Å². The lowest BCUT2D eigenvalue weighted by molar-refractivity contribution is 0.581. The Balaban J connectivity index is 2.07. The molecule has 0 aliphatic carbocycles. The zero-order chi connectivity index (χ0) is 13.7. The second-order valence-corrected chi connectivity index (χ2v) is 9.06. The smallest absolute Gasteiger partial charge is 0.317 e. The highest BCUT2D eigenvalue weighted by Gasteiger charge is 2.27. The van der Waals surface area contributed by atoms with E-state index in [-0.39, 0.29) is 11.5 Å². The van der Waals surface area contributed by atoms with Gasteiger partial charge in [-0.05, 0) is 5.56 Å². The van der Waals surface area contributed by atoms with Gasteiger partial charge in [-0.2, -0.15) is 8.42 Å². The summed E-state index contributed by atoms with van der Waals surface area (Å²) in [5.74, 6) is -0.150. The first-order chi connectivity index (χ1) is 9.08. The maximum absolute atomic E-state index is 12.0. The monoisotopic (exact) mass is 294 g/mol. The molecular weight excluding hydrogens is 280 g/mol. The van der Waals surface area contributed by atoms with Crippen LogP contribution < -0.4 is 0 Å². The largest absolute Gasteiger partial charge is 0.601 e. The molecule has 0 saturated heterocycles. The number of hydrogen-bond donors (Lipinski definition) is 0. The maximum atomic E-state index is 12.0. The predicted molar refractivity (Wildman–Crippen MR) is 77.4 cm³/mol. The molecule has 0 heterocycles. The quantitative estimate of drug-likeness (QED) is 0.629. The Hall–Kier alpha value is -1.30. The van der Waals surface area contributed by atoms with E-state index in [1.54, 1.807) is 48.5 Å². The van der Waals surface area contributed by atoms with E-state index in [4.69, 9.17) is 0 Å². The lowest BCUT2D eigenvalue weighted by Gasteiger charge is -2.10. The van der Waals surface area contributed by atoms with Gasteiger partial charge in [0.2, 0.25) is 0 Å². The van der Waals surface area contributed by atoms with Crippen molar-refractivity contribution in [3.63, 3.8) is 0 Å². The van der Waals surface area contributed by atoms with Gasteiger partial charge in [0, 0.05) is 5.56 Å². The Morgan fingerprint density at radius 1 is 0.842 bits per heavy atom. The first-order valence-electron chi connectivity index (χ1n) is 5.77. The zero-order valence-corrected chi connectivity index (χ0v) is 11.9. The van der Waals surface area contributed by atoms with E-state index >= 15 is 0 Å². The highest BCUT2D eigenvalue weighted by molar-refractivity contribution is 8.66. The van der Waals surface area contributed by atoms with Crippen LogP contribution in [0.3, 0.4) is 0 Å².